The Kier molecular flexibility index (Phi) is 3.68. The average molecular weight is 268 g/mol. The molecule has 0 fully saturated rings. The fourth-order valence-electron chi connectivity index (χ4n) is 1.87. The van der Waals surface area contributed by atoms with Crippen LogP contribution < -0.4 is 0 Å². The van der Waals surface area contributed by atoms with Crippen molar-refractivity contribution in [3.8, 4) is 0 Å². The summed E-state index contributed by atoms with van der Waals surface area (Å²) in [4.78, 5) is 7.63. The predicted octanol–water partition coefficient (Wildman–Crippen LogP) is 2.08. The van der Waals surface area contributed by atoms with Gasteiger partial charge in [-0.3, -0.25) is 4.55 Å². The number of imidazole rings is 1. The standard InChI is InChI=1S/C12H16N2O3S/c1-9-5-6-10-11(8-9)14-12(13-10)4-2-3-7-18(15,16)17/h5-6,8H,2-4,7H2,1H3,(H,13,14)(H,15,16,17). The smallest absolute Gasteiger partial charge is 0.264 e. The minimum atomic E-state index is -3.84. The maximum atomic E-state index is 10.6. The second-order valence-electron chi connectivity index (χ2n) is 4.45. The van der Waals surface area contributed by atoms with E-state index in [0.717, 1.165) is 16.9 Å². The fraction of sp³-hybridized carbons (Fsp3) is 0.417. The lowest BCUT2D eigenvalue weighted by atomic mass is 10.2. The Morgan fingerprint density at radius 1 is 1.33 bits per heavy atom. The van der Waals surface area contributed by atoms with Crippen LogP contribution in [0.4, 0.5) is 0 Å². The minimum absolute atomic E-state index is 0.188. The summed E-state index contributed by atoms with van der Waals surface area (Å²) >= 11 is 0. The molecule has 0 radical (unpaired) electrons. The Labute approximate surface area is 106 Å². The van der Waals surface area contributed by atoms with Gasteiger partial charge < -0.3 is 4.98 Å². The van der Waals surface area contributed by atoms with Crippen molar-refractivity contribution in [2.24, 2.45) is 0 Å². The van der Waals surface area contributed by atoms with E-state index in [2.05, 4.69) is 9.97 Å². The van der Waals surface area contributed by atoms with Gasteiger partial charge in [-0.25, -0.2) is 4.98 Å². The third kappa shape index (κ3) is 3.54. The first kappa shape index (κ1) is 13.0. The van der Waals surface area contributed by atoms with Gasteiger partial charge in [0.2, 0.25) is 0 Å². The molecule has 0 bridgehead atoms. The molecule has 0 saturated heterocycles. The van der Waals surface area contributed by atoms with Crippen LogP contribution in [0.3, 0.4) is 0 Å². The van der Waals surface area contributed by atoms with Gasteiger partial charge >= 0.3 is 0 Å². The highest BCUT2D eigenvalue weighted by molar-refractivity contribution is 7.85. The molecule has 0 unspecified atom stereocenters. The molecule has 0 saturated carbocycles. The lowest BCUT2D eigenvalue weighted by Gasteiger charge is -1.96. The van der Waals surface area contributed by atoms with Gasteiger partial charge in [-0.1, -0.05) is 6.07 Å². The molecule has 0 aliphatic heterocycles. The Hall–Kier alpha value is -1.40. The summed E-state index contributed by atoms with van der Waals surface area (Å²) in [6.07, 6.45) is 1.80. The molecule has 1 heterocycles. The number of nitrogens with zero attached hydrogens (tertiary/aromatic N) is 1. The molecule has 6 heteroatoms. The number of aromatic amines is 1. The zero-order valence-electron chi connectivity index (χ0n) is 10.2. The number of hydrogen-bond acceptors (Lipinski definition) is 3. The lowest BCUT2D eigenvalue weighted by Crippen LogP contribution is -2.04. The fourth-order valence-corrected chi connectivity index (χ4v) is 2.44. The molecule has 98 valence electrons. The summed E-state index contributed by atoms with van der Waals surface area (Å²) in [5, 5.41) is 0. The van der Waals surface area contributed by atoms with E-state index in [1.165, 1.54) is 5.56 Å². The number of unbranched alkanes of at least 4 members (excludes halogenated alkanes) is 1. The third-order valence-corrected chi connectivity index (χ3v) is 3.56. The van der Waals surface area contributed by atoms with Gasteiger partial charge in [0.1, 0.15) is 5.82 Å². The SMILES string of the molecule is Cc1ccc2nc(CCCCS(=O)(=O)O)[nH]c2c1. The van der Waals surface area contributed by atoms with E-state index in [1.54, 1.807) is 0 Å². The number of fused-ring (bicyclic) bond motifs is 1. The molecule has 1 aromatic carbocycles. The van der Waals surface area contributed by atoms with E-state index >= 15 is 0 Å². The van der Waals surface area contributed by atoms with E-state index in [1.807, 2.05) is 25.1 Å². The molecular weight excluding hydrogens is 252 g/mol. The Balaban J connectivity index is 1.96. The zero-order chi connectivity index (χ0) is 13.2. The molecule has 18 heavy (non-hydrogen) atoms. The van der Waals surface area contributed by atoms with Crippen molar-refractivity contribution >= 4 is 21.2 Å². The summed E-state index contributed by atoms with van der Waals surface area (Å²) in [5.41, 5.74) is 3.09. The van der Waals surface area contributed by atoms with Gasteiger partial charge in [-0.15, -0.1) is 0 Å². The van der Waals surface area contributed by atoms with Gasteiger partial charge in [-0.2, -0.15) is 8.42 Å². The second-order valence-corrected chi connectivity index (χ2v) is 6.02. The van der Waals surface area contributed by atoms with Crippen LogP contribution in [0.15, 0.2) is 18.2 Å². The van der Waals surface area contributed by atoms with Crippen molar-refractivity contribution in [3.63, 3.8) is 0 Å². The number of nitrogens with one attached hydrogen (secondary N) is 1. The van der Waals surface area contributed by atoms with E-state index < -0.39 is 10.1 Å². The van der Waals surface area contributed by atoms with Crippen molar-refractivity contribution in [3.05, 3.63) is 29.6 Å². The van der Waals surface area contributed by atoms with Gasteiger partial charge in [-0.05, 0) is 37.5 Å². The highest BCUT2D eigenvalue weighted by Gasteiger charge is 2.06. The number of aryl methyl sites for hydroxylation is 2. The van der Waals surface area contributed by atoms with Crippen molar-refractivity contribution in [2.45, 2.75) is 26.2 Å². The van der Waals surface area contributed by atoms with E-state index in [-0.39, 0.29) is 5.75 Å². The zero-order valence-corrected chi connectivity index (χ0v) is 11.0. The summed E-state index contributed by atoms with van der Waals surface area (Å²) in [5.74, 6) is 0.665. The van der Waals surface area contributed by atoms with Crippen LogP contribution >= 0.6 is 0 Å². The Morgan fingerprint density at radius 2 is 2.11 bits per heavy atom. The summed E-state index contributed by atoms with van der Waals surface area (Å²) in [6, 6.07) is 6.00. The molecule has 2 N–H and O–H groups in total. The summed E-state index contributed by atoms with van der Waals surface area (Å²) in [6.45, 7) is 2.02. The second kappa shape index (κ2) is 5.07. The van der Waals surface area contributed by atoms with Gasteiger partial charge in [0.15, 0.2) is 0 Å². The number of rotatable bonds is 5. The molecule has 0 aliphatic rings. The molecular formula is C12H16N2O3S. The van der Waals surface area contributed by atoms with Crippen molar-refractivity contribution < 1.29 is 13.0 Å². The molecule has 0 amide bonds. The number of benzene rings is 1. The first-order chi connectivity index (χ1) is 8.44. The lowest BCUT2D eigenvalue weighted by molar-refractivity contribution is 0.480. The molecule has 0 atom stereocenters. The largest absolute Gasteiger partial charge is 0.342 e. The quantitative estimate of drug-likeness (QED) is 0.642. The highest BCUT2D eigenvalue weighted by Crippen LogP contribution is 2.14. The summed E-state index contributed by atoms with van der Waals surface area (Å²) in [7, 11) is -3.84. The maximum absolute atomic E-state index is 10.6. The average Bonchev–Trinajstić information content (AvgIpc) is 2.65. The topological polar surface area (TPSA) is 83.1 Å². The molecule has 1 aromatic heterocycles. The van der Waals surface area contributed by atoms with Crippen LogP contribution in [0.1, 0.15) is 24.2 Å². The van der Waals surface area contributed by atoms with Crippen LogP contribution in [0.25, 0.3) is 11.0 Å². The molecule has 2 rings (SSSR count). The van der Waals surface area contributed by atoms with Crippen LogP contribution in [0.2, 0.25) is 0 Å². The number of hydrogen-bond donors (Lipinski definition) is 2. The first-order valence-corrected chi connectivity index (χ1v) is 7.45. The predicted molar refractivity (Wildman–Crippen MR) is 70.2 cm³/mol. The highest BCUT2D eigenvalue weighted by atomic mass is 32.2. The van der Waals surface area contributed by atoms with Crippen LogP contribution in [0.5, 0.6) is 0 Å². The first-order valence-electron chi connectivity index (χ1n) is 5.84. The van der Waals surface area contributed by atoms with E-state index in [0.29, 0.717) is 19.3 Å². The normalized spacial score (nSPS) is 12.1. The summed E-state index contributed by atoms with van der Waals surface area (Å²) < 4.78 is 29.7. The van der Waals surface area contributed by atoms with Gasteiger partial charge in [0.05, 0.1) is 16.8 Å². The molecule has 2 aromatic rings. The third-order valence-electron chi connectivity index (χ3n) is 2.75. The van der Waals surface area contributed by atoms with Crippen molar-refractivity contribution in [1.29, 1.82) is 0 Å². The van der Waals surface area contributed by atoms with E-state index in [9.17, 15) is 8.42 Å². The van der Waals surface area contributed by atoms with Crippen LogP contribution in [-0.4, -0.2) is 28.7 Å². The molecule has 5 nitrogen and oxygen atoms in total. The van der Waals surface area contributed by atoms with Crippen LogP contribution in [0, 0.1) is 6.92 Å². The maximum Gasteiger partial charge on any atom is 0.264 e. The van der Waals surface area contributed by atoms with Crippen LogP contribution in [-0.2, 0) is 16.5 Å². The Bertz CT molecular complexity index is 646. The van der Waals surface area contributed by atoms with Gasteiger partial charge in [0.25, 0.3) is 10.1 Å². The van der Waals surface area contributed by atoms with E-state index in [4.69, 9.17) is 4.55 Å². The number of aromatic nitrogens is 2. The molecule has 0 aliphatic carbocycles. The minimum Gasteiger partial charge on any atom is -0.342 e. The Morgan fingerprint density at radius 3 is 2.83 bits per heavy atom. The molecule has 0 spiro atoms. The monoisotopic (exact) mass is 268 g/mol. The van der Waals surface area contributed by atoms with Crippen molar-refractivity contribution in [1.82, 2.24) is 9.97 Å². The van der Waals surface area contributed by atoms with Gasteiger partial charge in [0, 0.05) is 6.42 Å². The van der Waals surface area contributed by atoms with Crippen molar-refractivity contribution in [2.75, 3.05) is 5.75 Å². The number of H-pyrrole nitrogens is 1.